The van der Waals surface area contributed by atoms with Crippen molar-refractivity contribution >= 4 is 11.7 Å². The average molecular weight is 238 g/mol. The smallest absolute Gasteiger partial charge is 0.280 e. The Morgan fingerprint density at radius 1 is 1.65 bits per heavy atom. The van der Waals surface area contributed by atoms with Gasteiger partial charge in [0.05, 0.1) is 12.6 Å². The van der Waals surface area contributed by atoms with Gasteiger partial charge in [-0.3, -0.25) is 4.79 Å². The molecule has 0 saturated carbocycles. The van der Waals surface area contributed by atoms with Gasteiger partial charge in [0.1, 0.15) is 5.76 Å². The van der Waals surface area contributed by atoms with Crippen LogP contribution in [0.2, 0.25) is 0 Å². The molecule has 1 amide bonds. The van der Waals surface area contributed by atoms with Gasteiger partial charge in [-0.25, -0.2) is 0 Å². The number of hydrogen-bond donors (Lipinski definition) is 2. The lowest BCUT2D eigenvalue weighted by molar-refractivity contribution is -0.920. The number of likely N-dealkylation sites (tertiary alicyclic amines) is 1. The second-order valence-electron chi connectivity index (χ2n) is 4.85. The number of rotatable bonds is 3. The molecule has 1 aliphatic heterocycles. The third kappa shape index (κ3) is 3.30. The number of aromatic nitrogens is 1. The first-order chi connectivity index (χ1) is 8.15. The zero-order valence-corrected chi connectivity index (χ0v) is 10.5. The summed E-state index contributed by atoms with van der Waals surface area (Å²) in [7, 11) is 0. The fraction of sp³-hybridized carbons (Fsp3) is 0.667. The third-order valence-electron chi connectivity index (χ3n) is 3.37. The summed E-state index contributed by atoms with van der Waals surface area (Å²) in [5, 5.41) is 6.52. The molecule has 0 bridgehead atoms. The van der Waals surface area contributed by atoms with Crippen LogP contribution >= 0.6 is 0 Å². The van der Waals surface area contributed by atoms with Crippen molar-refractivity contribution in [3.05, 3.63) is 11.8 Å². The molecule has 94 valence electrons. The summed E-state index contributed by atoms with van der Waals surface area (Å²) in [6.45, 7) is 5.63. The summed E-state index contributed by atoms with van der Waals surface area (Å²) in [4.78, 5) is 13.2. The van der Waals surface area contributed by atoms with Gasteiger partial charge in [-0.2, -0.15) is 0 Å². The highest BCUT2D eigenvalue weighted by Crippen LogP contribution is 2.06. The summed E-state index contributed by atoms with van der Waals surface area (Å²) >= 11 is 0. The van der Waals surface area contributed by atoms with Crippen LogP contribution in [-0.4, -0.2) is 30.2 Å². The van der Waals surface area contributed by atoms with Crippen LogP contribution in [0.1, 0.15) is 31.9 Å². The van der Waals surface area contributed by atoms with Crippen molar-refractivity contribution in [3.8, 4) is 0 Å². The van der Waals surface area contributed by atoms with E-state index in [2.05, 4.69) is 17.4 Å². The number of anilines is 1. The molecule has 5 heteroatoms. The highest BCUT2D eigenvalue weighted by molar-refractivity contribution is 5.90. The molecular weight excluding hydrogens is 218 g/mol. The van der Waals surface area contributed by atoms with E-state index in [1.807, 2.05) is 0 Å². The second-order valence-corrected chi connectivity index (χ2v) is 4.85. The average Bonchev–Trinajstić information content (AvgIpc) is 2.67. The van der Waals surface area contributed by atoms with E-state index in [4.69, 9.17) is 4.52 Å². The summed E-state index contributed by atoms with van der Waals surface area (Å²) in [6, 6.07) is 2.31. The second kappa shape index (κ2) is 5.31. The van der Waals surface area contributed by atoms with E-state index in [0.717, 1.165) is 6.54 Å². The van der Waals surface area contributed by atoms with Crippen LogP contribution in [0.25, 0.3) is 0 Å². The van der Waals surface area contributed by atoms with Gasteiger partial charge in [-0.05, 0) is 33.1 Å². The Morgan fingerprint density at radius 3 is 3.12 bits per heavy atom. The van der Waals surface area contributed by atoms with Crippen LogP contribution in [0.5, 0.6) is 0 Å². The topological polar surface area (TPSA) is 59.6 Å². The molecule has 2 rings (SSSR count). The van der Waals surface area contributed by atoms with E-state index in [9.17, 15) is 4.79 Å². The van der Waals surface area contributed by atoms with Crippen LogP contribution in [0, 0.1) is 6.92 Å². The lowest BCUT2D eigenvalue weighted by Crippen LogP contribution is -3.17. The van der Waals surface area contributed by atoms with Gasteiger partial charge < -0.3 is 14.7 Å². The Hall–Kier alpha value is -1.36. The largest absolute Gasteiger partial charge is 0.360 e. The Balaban J connectivity index is 1.84. The molecule has 1 unspecified atom stereocenters. The van der Waals surface area contributed by atoms with E-state index in [1.54, 1.807) is 13.0 Å². The predicted octanol–water partition coefficient (Wildman–Crippen LogP) is 0.379. The first-order valence-electron chi connectivity index (χ1n) is 6.23. The van der Waals surface area contributed by atoms with Crippen molar-refractivity contribution in [2.75, 3.05) is 18.4 Å². The maximum Gasteiger partial charge on any atom is 0.280 e. The number of nitrogens with zero attached hydrogens (tertiary/aromatic N) is 1. The minimum Gasteiger partial charge on any atom is -0.360 e. The maximum atomic E-state index is 11.8. The first kappa shape index (κ1) is 12.1. The van der Waals surface area contributed by atoms with Gasteiger partial charge in [0.15, 0.2) is 12.4 Å². The van der Waals surface area contributed by atoms with E-state index >= 15 is 0 Å². The molecule has 2 heterocycles. The van der Waals surface area contributed by atoms with Gasteiger partial charge in [0, 0.05) is 6.07 Å². The van der Waals surface area contributed by atoms with Crippen molar-refractivity contribution in [1.82, 2.24) is 5.16 Å². The molecule has 1 fully saturated rings. The van der Waals surface area contributed by atoms with Gasteiger partial charge in [-0.1, -0.05) is 5.16 Å². The molecule has 0 aromatic carbocycles. The van der Waals surface area contributed by atoms with E-state index in [-0.39, 0.29) is 5.91 Å². The Morgan fingerprint density at radius 2 is 2.47 bits per heavy atom. The fourth-order valence-corrected chi connectivity index (χ4v) is 2.33. The number of carbonyl (C=O) groups excluding carboxylic acids is 1. The minimum atomic E-state index is 0.0158. The van der Waals surface area contributed by atoms with Crippen molar-refractivity contribution < 1.29 is 14.2 Å². The van der Waals surface area contributed by atoms with Crippen LogP contribution in [0.3, 0.4) is 0 Å². The lowest BCUT2D eigenvalue weighted by atomic mass is 10.0. The molecule has 0 radical (unpaired) electrons. The molecule has 17 heavy (non-hydrogen) atoms. The minimum absolute atomic E-state index is 0.0158. The zero-order valence-electron chi connectivity index (χ0n) is 10.5. The number of quaternary nitrogens is 1. The van der Waals surface area contributed by atoms with Gasteiger partial charge >= 0.3 is 0 Å². The van der Waals surface area contributed by atoms with Crippen LogP contribution in [0.4, 0.5) is 5.82 Å². The van der Waals surface area contributed by atoms with Crippen molar-refractivity contribution in [2.24, 2.45) is 0 Å². The maximum absolute atomic E-state index is 11.8. The quantitative estimate of drug-likeness (QED) is 0.800. The molecule has 2 atom stereocenters. The van der Waals surface area contributed by atoms with Gasteiger partial charge in [0.25, 0.3) is 5.91 Å². The zero-order chi connectivity index (χ0) is 12.3. The fourth-order valence-electron chi connectivity index (χ4n) is 2.33. The Kier molecular flexibility index (Phi) is 3.78. The van der Waals surface area contributed by atoms with Crippen molar-refractivity contribution in [2.45, 2.75) is 39.2 Å². The van der Waals surface area contributed by atoms with E-state index in [1.165, 1.54) is 24.2 Å². The molecule has 1 aliphatic rings. The number of amides is 1. The van der Waals surface area contributed by atoms with Crippen LogP contribution in [-0.2, 0) is 4.79 Å². The monoisotopic (exact) mass is 238 g/mol. The first-order valence-corrected chi connectivity index (χ1v) is 6.23. The van der Waals surface area contributed by atoms with Crippen LogP contribution in [0.15, 0.2) is 10.6 Å². The molecule has 1 aromatic heterocycles. The summed E-state index contributed by atoms with van der Waals surface area (Å²) in [6.07, 6.45) is 3.72. The summed E-state index contributed by atoms with van der Waals surface area (Å²) in [5.41, 5.74) is 0. The highest BCUT2D eigenvalue weighted by atomic mass is 16.5. The lowest BCUT2D eigenvalue weighted by Gasteiger charge is -2.29. The standard InChI is InChI=1S/C12H19N3O2/c1-9-5-3-4-6-15(9)8-12(16)13-11-7-10(2)17-14-11/h7,9H,3-6,8H2,1-2H3,(H,13,14,16)/p+1/t9-/m1/s1. The Bertz CT molecular complexity index is 389. The van der Waals surface area contributed by atoms with Crippen LogP contribution < -0.4 is 10.2 Å². The number of hydrogen-bond acceptors (Lipinski definition) is 3. The number of nitrogens with one attached hydrogen (secondary N) is 2. The third-order valence-corrected chi connectivity index (χ3v) is 3.37. The molecule has 0 aliphatic carbocycles. The SMILES string of the molecule is Cc1cc(NC(=O)C[NH+]2CCCC[C@H]2C)no1. The summed E-state index contributed by atoms with van der Waals surface area (Å²) < 4.78 is 4.90. The number of piperidine rings is 1. The highest BCUT2D eigenvalue weighted by Gasteiger charge is 2.24. The number of carbonyl (C=O) groups is 1. The molecule has 2 N–H and O–H groups in total. The number of aryl methyl sites for hydroxylation is 1. The van der Waals surface area contributed by atoms with Gasteiger partial charge in [0.2, 0.25) is 0 Å². The predicted molar refractivity (Wildman–Crippen MR) is 63.9 cm³/mol. The van der Waals surface area contributed by atoms with Crippen molar-refractivity contribution in [3.63, 3.8) is 0 Å². The Labute approximate surface area is 101 Å². The van der Waals surface area contributed by atoms with Gasteiger partial charge in [-0.15, -0.1) is 0 Å². The molecule has 0 spiro atoms. The molecule has 1 aromatic rings. The van der Waals surface area contributed by atoms with Crippen molar-refractivity contribution in [1.29, 1.82) is 0 Å². The molecule has 5 nitrogen and oxygen atoms in total. The molecular formula is C12H20N3O2+. The van der Waals surface area contributed by atoms with E-state index in [0.29, 0.717) is 24.2 Å². The normalized spacial score (nSPS) is 24.6. The summed E-state index contributed by atoms with van der Waals surface area (Å²) in [5.74, 6) is 1.23. The molecule has 1 saturated heterocycles. The van der Waals surface area contributed by atoms with E-state index < -0.39 is 0 Å².